The highest BCUT2D eigenvalue weighted by molar-refractivity contribution is 5.01. The first-order chi connectivity index (χ1) is 8.33. The van der Waals surface area contributed by atoms with Crippen molar-refractivity contribution < 1.29 is 0 Å². The predicted molar refractivity (Wildman–Crippen MR) is 70.6 cm³/mol. The normalized spacial score (nSPS) is 20.1. The molecule has 1 atom stereocenters. The maximum atomic E-state index is 6.43. The van der Waals surface area contributed by atoms with Crippen molar-refractivity contribution in [1.82, 2.24) is 9.55 Å². The summed E-state index contributed by atoms with van der Waals surface area (Å²) in [6.07, 6.45) is 13.1. The number of hydrogen-bond donors (Lipinski definition) is 1. The van der Waals surface area contributed by atoms with Gasteiger partial charge in [-0.2, -0.15) is 0 Å². The van der Waals surface area contributed by atoms with Crippen molar-refractivity contribution in [3.05, 3.63) is 18.2 Å². The van der Waals surface area contributed by atoms with Crippen LogP contribution in [-0.2, 0) is 6.54 Å². The third-order valence-corrected chi connectivity index (χ3v) is 3.92. The molecule has 17 heavy (non-hydrogen) atoms. The number of nitrogens with zero attached hydrogens (tertiary/aromatic N) is 2. The van der Waals surface area contributed by atoms with Crippen LogP contribution in [0.5, 0.6) is 0 Å². The van der Waals surface area contributed by atoms with Crippen molar-refractivity contribution >= 4 is 0 Å². The van der Waals surface area contributed by atoms with E-state index in [-0.39, 0.29) is 6.04 Å². The van der Waals surface area contributed by atoms with Crippen LogP contribution >= 0.6 is 0 Å². The zero-order valence-corrected chi connectivity index (χ0v) is 10.9. The third kappa shape index (κ3) is 3.09. The molecule has 1 heterocycles. The SMILES string of the molecule is CCCn1ccnc1C(N)C1CCCCCC1. The molecule has 0 amide bonds. The van der Waals surface area contributed by atoms with Crippen LogP contribution in [0.25, 0.3) is 0 Å². The fourth-order valence-corrected chi connectivity index (χ4v) is 2.93. The van der Waals surface area contributed by atoms with Gasteiger partial charge in [0.15, 0.2) is 0 Å². The van der Waals surface area contributed by atoms with Crippen LogP contribution in [0.15, 0.2) is 12.4 Å². The van der Waals surface area contributed by atoms with Gasteiger partial charge in [-0.25, -0.2) is 4.98 Å². The minimum absolute atomic E-state index is 0.134. The molecule has 0 saturated heterocycles. The highest BCUT2D eigenvalue weighted by Gasteiger charge is 2.23. The monoisotopic (exact) mass is 235 g/mol. The van der Waals surface area contributed by atoms with Gasteiger partial charge >= 0.3 is 0 Å². The van der Waals surface area contributed by atoms with Gasteiger partial charge < -0.3 is 10.3 Å². The zero-order chi connectivity index (χ0) is 12.1. The van der Waals surface area contributed by atoms with Crippen LogP contribution in [0.1, 0.15) is 63.7 Å². The van der Waals surface area contributed by atoms with Crippen molar-refractivity contribution in [2.24, 2.45) is 11.7 Å². The van der Waals surface area contributed by atoms with E-state index in [4.69, 9.17) is 5.73 Å². The molecular formula is C14H25N3. The number of imidazole rings is 1. The molecule has 0 bridgehead atoms. The number of nitrogens with two attached hydrogens (primary N) is 1. The molecular weight excluding hydrogens is 210 g/mol. The van der Waals surface area contributed by atoms with Crippen LogP contribution in [0.4, 0.5) is 0 Å². The summed E-state index contributed by atoms with van der Waals surface area (Å²) in [4.78, 5) is 4.48. The van der Waals surface area contributed by atoms with Crippen LogP contribution in [0, 0.1) is 5.92 Å². The van der Waals surface area contributed by atoms with Crippen molar-refractivity contribution in [1.29, 1.82) is 0 Å². The average molecular weight is 235 g/mol. The van der Waals surface area contributed by atoms with Crippen LogP contribution in [0.2, 0.25) is 0 Å². The van der Waals surface area contributed by atoms with E-state index in [1.165, 1.54) is 38.5 Å². The molecule has 3 heteroatoms. The summed E-state index contributed by atoms with van der Waals surface area (Å²) in [5, 5.41) is 0. The first-order valence-corrected chi connectivity index (χ1v) is 7.09. The molecule has 0 aliphatic heterocycles. The van der Waals surface area contributed by atoms with Gasteiger partial charge in [0.1, 0.15) is 5.82 Å². The van der Waals surface area contributed by atoms with Gasteiger partial charge in [0.25, 0.3) is 0 Å². The van der Waals surface area contributed by atoms with Gasteiger partial charge in [-0.15, -0.1) is 0 Å². The van der Waals surface area contributed by atoms with Crippen molar-refractivity contribution in [2.45, 2.75) is 64.5 Å². The second-order valence-corrected chi connectivity index (χ2v) is 5.26. The summed E-state index contributed by atoms with van der Waals surface area (Å²) in [5.74, 6) is 1.73. The Morgan fingerprint density at radius 1 is 1.35 bits per heavy atom. The first-order valence-electron chi connectivity index (χ1n) is 7.09. The maximum absolute atomic E-state index is 6.43. The maximum Gasteiger partial charge on any atom is 0.125 e. The Hall–Kier alpha value is -0.830. The van der Waals surface area contributed by atoms with E-state index in [1.807, 2.05) is 6.20 Å². The van der Waals surface area contributed by atoms with E-state index in [0.717, 1.165) is 18.8 Å². The number of aromatic nitrogens is 2. The third-order valence-electron chi connectivity index (χ3n) is 3.92. The quantitative estimate of drug-likeness (QED) is 0.814. The lowest BCUT2D eigenvalue weighted by Gasteiger charge is -2.22. The lowest BCUT2D eigenvalue weighted by molar-refractivity contribution is 0.360. The Morgan fingerprint density at radius 3 is 2.71 bits per heavy atom. The molecule has 2 N–H and O–H groups in total. The topological polar surface area (TPSA) is 43.8 Å². The van der Waals surface area contributed by atoms with E-state index in [2.05, 4.69) is 22.7 Å². The molecule has 2 rings (SSSR count). The van der Waals surface area contributed by atoms with E-state index in [0.29, 0.717) is 5.92 Å². The lowest BCUT2D eigenvalue weighted by Crippen LogP contribution is -2.25. The summed E-state index contributed by atoms with van der Waals surface area (Å²) < 4.78 is 2.23. The zero-order valence-electron chi connectivity index (χ0n) is 10.9. The molecule has 96 valence electrons. The van der Waals surface area contributed by atoms with Gasteiger partial charge in [0, 0.05) is 18.9 Å². The Balaban J connectivity index is 2.06. The highest BCUT2D eigenvalue weighted by atomic mass is 15.1. The molecule has 0 radical (unpaired) electrons. The van der Waals surface area contributed by atoms with Gasteiger partial charge in [-0.3, -0.25) is 0 Å². The van der Waals surface area contributed by atoms with Gasteiger partial charge in [-0.1, -0.05) is 32.6 Å². The van der Waals surface area contributed by atoms with Crippen LogP contribution in [0.3, 0.4) is 0 Å². The molecule has 1 unspecified atom stereocenters. The lowest BCUT2D eigenvalue weighted by atomic mass is 9.92. The van der Waals surface area contributed by atoms with Crippen molar-refractivity contribution in [3.63, 3.8) is 0 Å². The number of hydrogen-bond acceptors (Lipinski definition) is 2. The van der Waals surface area contributed by atoms with Crippen LogP contribution < -0.4 is 5.73 Å². The van der Waals surface area contributed by atoms with Crippen LogP contribution in [-0.4, -0.2) is 9.55 Å². The summed E-state index contributed by atoms with van der Waals surface area (Å²) in [6.45, 7) is 3.23. The summed E-state index contributed by atoms with van der Waals surface area (Å²) in [6, 6.07) is 0.134. The van der Waals surface area contributed by atoms with Gasteiger partial charge in [0.2, 0.25) is 0 Å². The number of aryl methyl sites for hydroxylation is 1. The van der Waals surface area contributed by atoms with E-state index >= 15 is 0 Å². The Kier molecular flexibility index (Phi) is 4.60. The standard InChI is InChI=1S/C14H25N3/c1-2-10-17-11-9-16-14(17)13(15)12-7-5-3-4-6-8-12/h9,11-13H,2-8,10,15H2,1H3. The Bertz CT molecular complexity index is 324. The van der Waals surface area contributed by atoms with Gasteiger partial charge in [-0.05, 0) is 25.2 Å². The second-order valence-electron chi connectivity index (χ2n) is 5.26. The fourth-order valence-electron chi connectivity index (χ4n) is 2.93. The fraction of sp³-hybridized carbons (Fsp3) is 0.786. The van der Waals surface area contributed by atoms with Crippen molar-refractivity contribution in [3.8, 4) is 0 Å². The summed E-state index contributed by atoms with van der Waals surface area (Å²) >= 11 is 0. The van der Waals surface area contributed by atoms with E-state index in [1.54, 1.807) is 0 Å². The molecule has 0 spiro atoms. The van der Waals surface area contributed by atoms with Gasteiger partial charge in [0.05, 0.1) is 6.04 Å². The number of rotatable bonds is 4. The molecule has 1 aromatic rings. The molecule has 1 aliphatic carbocycles. The molecule has 3 nitrogen and oxygen atoms in total. The summed E-state index contributed by atoms with van der Waals surface area (Å²) in [7, 11) is 0. The Labute approximate surface area is 104 Å². The second kappa shape index (κ2) is 6.20. The largest absolute Gasteiger partial charge is 0.334 e. The van der Waals surface area contributed by atoms with E-state index < -0.39 is 0 Å². The Morgan fingerprint density at radius 2 is 2.06 bits per heavy atom. The highest BCUT2D eigenvalue weighted by Crippen LogP contribution is 2.31. The average Bonchev–Trinajstić information content (AvgIpc) is 2.63. The molecule has 0 aromatic carbocycles. The smallest absolute Gasteiger partial charge is 0.125 e. The molecule has 1 saturated carbocycles. The van der Waals surface area contributed by atoms with Crippen molar-refractivity contribution in [2.75, 3.05) is 0 Å². The molecule has 1 aliphatic rings. The predicted octanol–water partition coefficient (Wildman–Crippen LogP) is 3.26. The molecule has 1 aromatic heterocycles. The first kappa shape index (κ1) is 12.6. The summed E-state index contributed by atoms with van der Waals surface area (Å²) in [5.41, 5.74) is 6.43. The molecule has 1 fully saturated rings. The van der Waals surface area contributed by atoms with E-state index in [9.17, 15) is 0 Å². The minimum Gasteiger partial charge on any atom is -0.334 e. The minimum atomic E-state index is 0.134.